The summed E-state index contributed by atoms with van der Waals surface area (Å²) >= 11 is 6.11. The molecule has 22 heavy (non-hydrogen) atoms. The first-order chi connectivity index (χ1) is 10.6. The molecule has 4 nitrogen and oxygen atoms in total. The van der Waals surface area contributed by atoms with E-state index < -0.39 is 5.97 Å². The summed E-state index contributed by atoms with van der Waals surface area (Å²) in [6.45, 7) is 5.97. The number of benzene rings is 1. The van der Waals surface area contributed by atoms with Crippen LogP contribution in [0.25, 0.3) is 10.9 Å². The van der Waals surface area contributed by atoms with E-state index in [1.54, 1.807) is 24.4 Å². The van der Waals surface area contributed by atoms with Gasteiger partial charge in [0.05, 0.1) is 11.6 Å². The molecule has 0 unspecified atom stereocenters. The van der Waals surface area contributed by atoms with Crippen LogP contribution in [0.2, 0.25) is 5.02 Å². The Morgan fingerprint density at radius 1 is 1.36 bits per heavy atom. The number of hydrogen-bond donors (Lipinski definition) is 0. The molecule has 1 aromatic heterocycles. The molecule has 0 bridgehead atoms. The van der Waals surface area contributed by atoms with Gasteiger partial charge in [-0.05, 0) is 44.0 Å². The number of rotatable bonds is 7. The van der Waals surface area contributed by atoms with E-state index in [-0.39, 0.29) is 6.61 Å². The van der Waals surface area contributed by atoms with Crippen LogP contribution in [0.3, 0.4) is 0 Å². The van der Waals surface area contributed by atoms with Gasteiger partial charge in [0.25, 0.3) is 0 Å². The summed E-state index contributed by atoms with van der Waals surface area (Å²) in [5, 5.41) is 1.38. The van der Waals surface area contributed by atoms with Gasteiger partial charge in [-0.15, -0.1) is 6.58 Å². The number of fused-ring (bicyclic) bond motifs is 1. The second kappa shape index (κ2) is 7.80. The molecular weight excluding hydrogens is 302 g/mol. The van der Waals surface area contributed by atoms with Crippen LogP contribution >= 0.6 is 11.6 Å². The number of allylic oxidation sites excluding steroid dienone is 1. The molecule has 0 saturated heterocycles. The maximum Gasteiger partial charge on any atom is 0.344 e. The lowest BCUT2D eigenvalue weighted by Crippen LogP contribution is -2.15. The van der Waals surface area contributed by atoms with E-state index in [0.717, 1.165) is 23.8 Å². The van der Waals surface area contributed by atoms with Crippen molar-refractivity contribution >= 4 is 28.5 Å². The van der Waals surface area contributed by atoms with Gasteiger partial charge in [0, 0.05) is 11.6 Å². The molecule has 0 fully saturated rings. The molecule has 0 amide bonds. The lowest BCUT2D eigenvalue weighted by Gasteiger charge is -2.09. The van der Waals surface area contributed by atoms with Gasteiger partial charge in [0.1, 0.15) is 11.3 Å². The third-order valence-electron chi connectivity index (χ3n) is 3.04. The molecule has 0 aliphatic carbocycles. The fraction of sp³-hybridized carbons (Fsp3) is 0.294. The monoisotopic (exact) mass is 319 g/mol. The fourth-order valence-electron chi connectivity index (χ4n) is 1.97. The molecule has 2 aromatic rings. The van der Waals surface area contributed by atoms with E-state index in [0.29, 0.717) is 22.9 Å². The third kappa shape index (κ3) is 4.46. The van der Waals surface area contributed by atoms with E-state index in [9.17, 15) is 4.79 Å². The second-order valence-corrected chi connectivity index (χ2v) is 5.42. The van der Waals surface area contributed by atoms with Gasteiger partial charge >= 0.3 is 5.97 Å². The smallest absolute Gasteiger partial charge is 0.344 e. The summed E-state index contributed by atoms with van der Waals surface area (Å²) in [5.74, 6) is 0.111. The van der Waals surface area contributed by atoms with Gasteiger partial charge in [0.2, 0.25) is 0 Å². The minimum atomic E-state index is -0.402. The first kappa shape index (κ1) is 16.3. The van der Waals surface area contributed by atoms with E-state index in [1.165, 1.54) is 0 Å². The average molecular weight is 320 g/mol. The van der Waals surface area contributed by atoms with E-state index in [4.69, 9.17) is 21.1 Å². The molecule has 0 aliphatic heterocycles. The molecule has 116 valence electrons. The number of aromatic nitrogens is 1. The molecule has 0 atom stereocenters. The predicted octanol–water partition coefficient (Wildman–Crippen LogP) is 4.17. The van der Waals surface area contributed by atoms with E-state index in [1.807, 2.05) is 13.0 Å². The Labute approximate surface area is 134 Å². The minimum absolute atomic E-state index is 0.152. The molecule has 0 saturated carbocycles. The molecule has 0 spiro atoms. The summed E-state index contributed by atoms with van der Waals surface area (Å²) in [5.41, 5.74) is 1.70. The van der Waals surface area contributed by atoms with Crippen LogP contribution in [-0.2, 0) is 9.53 Å². The summed E-state index contributed by atoms with van der Waals surface area (Å²) < 4.78 is 10.6. The van der Waals surface area contributed by atoms with Crippen LogP contribution < -0.4 is 4.74 Å². The Hall–Kier alpha value is -2.07. The maximum atomic E-state index is 11.6. The molecule has 0 radical (unpaired) electrons. The fourth-order valence-corrected chi connectivity index (χ4v) is 2.18. The summed E-state index contributed by atoms with van der Waals surface area (Å²) in [6.07, 6.45) is 3.27. The van der Waals surface area contributed by atoms with Crippen molar-refractivity contribution in [1.82, 2.24) is 4.98 Å². The number of nitrogens with zero attached hydrogens (tertiary/aromatic N) is 1. The molecule has 1 heterocycles. The first-order valence-corrected chi connectivity index (χ1v) is 7.42. The molecule has 0 aliphatic rings. The van der Waals surface area contributed by atoms with Crippen LogP contribution in [0.4, 0.5) is 0 Å². The molecule has 2 rings (SSSR count). The Morgan fingerprint density at radius 3 is 2.95 bits per heavy atom. The SMILES string of the molecule is C=C(C)CCCOC(=O)COc1ccc(Cl)c2cccnc12. The van der Waals surface area contributed by atoms with Gasteiger partial charge in [-0.1, -0.05) is 17.2 Å². The normalized spacial score (nSPS) is 10.5. The zero-order valence-electron chi connectivity index (χ0n) is 12.5. The van der Waals surface area contributed by atoms with Crippen LogP contribution in [0.15, 0.2) is 42.6 Å². The topological polar surface area (TPSA) is 48.4 Å². The van der Waals surface area contributed by atoms with E-state index in [2.05, 4.69) is 11.6 Å². The van der Waals surface area contributed by atoms with Crippen LogP contribution in [0, 0.1) is 0 Å². The quantitative estimate of drug-likeness (QED) is 0.436. The molecule has 5 heteroatoms. The molecule has 0 N–H and O–H groups in total. The Kier molecular flexibility index (Phi) is 5.78. The van der Waals surface area contributed by atoms with Crippen molar-refractivity contribution < 1.29 is 14.3 Å². The highest BCUT2D eigenvalue weighted by Crippen LogP contribution is 2.29. The number of halogens is 1. The van der Waals surface area contributed by atoms with E-state index >= 15 is 0 Å². The van der Waals surface area contributed by atoms with Gasteiger partial charge in [-0.2, -0.15) is 0 Å². The lowest BCUT2D eigenvalue weighted by molar-refractivity contribution is -0.146. The highest BCUT2D eigenvalue weighted by Gasteiger charge is 2.09. The zero-order chi connectivity index (χ0) is 15.9. The van der Waals surface area contributed by atoms with Gasteiger partial charge < -0.3 is 9.47 Å². The van der Waals surface area contributed by atoms with Crippen molar-refractivity contribution in [2.24, 2.45) is 0 Å². The number of carbonyl (C=O) groups is 1. The molecular formula is C17H18ClNO3. The number of pyridine rings is 1. The Morgan fingerprint density at radius 2 is 2.18 bits per heavy atom. The van der Waals surface area contributed by atoms with Crippen molar-refractivity contribution in [3.63, 3.8) is 0 Å². The lowest BCUT2D eigenvalue weighted by atomic mass is 10.2. The number of carbonyl (C=O) groups excluding carboxylic acids is 1. The van der Waals surface area contributed by atoms with Crippen molar-refractivity contribution in [3.05, 3.63) is 47.6 Å². The van der Waals surface area contributed by atoms with Crippen LogP contribution in [-0.4, -0.2) is 24.2 Å². The number of esters is 1. The van der Waals surface area contributed by atoms with Gasteiger partial charge in [-0.3, -0.25) is 4.98 Å². The van der Waals surface area contributed by atoms with Crippen molar-refractivity contribution in [3.8, 4) is 5.75 Å². The summed E-state index contributed by atoms with van der Waals surface area (Å²) in [4.78, 5) is 15.9. The van der Waals surface area contributed by atoms with Crippen LogP contribution in [0.5, 0.6) is 5.75 Å². The van der Waals surface area contributed by atoms with Gasteiger partial charge in [0.15, 0.2) is 6.61 Å². The van der Waals surface area contributed by atoms with Gasteiger partial charge in [-0.25, -0.2) is 4.79 Å². The number of hydrogen-bond acceptors (Lipinski definition) is 4. The average Bonchev–Trinajstić information content (AvgIpc) is 2.51. The zero-order valence-corrected chi connectivity index (χ0v) is 13.2. The highest BCUT2D eigenvalue weighted by atomic mass is 35.5. The highest BCUT2D eigenvalue weighted by molar-refractivity contribution is 6.35. The van der Waals surface area contributed by atoms with Crippen molar-refractivity contribution in [2.45, 2.75) is 19.8 Å². The largest absolute Gasteiger partial charge is 0.480 e. The van der Waals surface area contributed by atoms with Crippen molar-refractivity contribution in [2.75, 3.05) is 13.2 Å². The summed E-state index contributed by atoms with van der Waals surface area (Å²) in [6, 6.07) is 7.08. The third-order valence-corrected chi connectivity index (χ3v) is 3.37. The molecule has 1 aromatic carbocycles. The first-order valence-electron chi connectivity index (χ1n) is 7.04. The summed E-state index contributed by atoms with van der Waals surface area (Å²) in [7, 11) is 0. The Balaban J connectivity index is 1.91. The number of ether oxygens (including phenoxy) is 2. The van der Waals surface area contributed by atoms with Crippen molar-refractivity contribution in [1.29, 1.82) is 0 Å². The maximum absolute atomic E-state index is 11.6. The van der Waals surface area contributed by atoms with Crippen LogP contribution in [0.1, 0.15) is 19.8 Å². The standard InChI is InChI=1S/C17H18ClNO3/c1-12(2)5-4-10-21-16(20)11-22-15-8-7-14(18)13-6-3-9-19-17(13)15/h3,6-9H,1,4-5,10-11H2,2H3. The Bertz CT molecular complexity index is 685. The predicted molar refractivity (Wildman–Crippen MR) is 87.3 cm³/mol. The second-order valence-electron chi connectivity index (χ2n) is 5.01. The minimum Gasteiger partial charge on any atom is -0.480 e.